The van der Waals surface area contributed by atoms with Crippen LogP contribution < -0.4 is 15.8 Å². The van der Waals surface area contributed by atoms with E-state index < -0.39 is 11.4 Å². The zero-order chi connectivity index (χ0) is 24.8. The Morgan fingerprint density at radius 2 is 1.94 bits per heavy atom. The van der Waals surface area contributed by atoms with E-state index in [2.05, 4.69) is 58.5 Å². The molecule has 0 unspecified atom stereocenters. The van der Waals surface area contributed by atoms with Crippen molar-refractivity contribution < 1.29 is 9.18 Å². The Bertz CT molecular complexity index is 1380. The predicted molar refractivity (Wildman–Crippen MR) is 134 cm³/mol. The minimum atomic E-state index is -0.431. The first kappa shape index (κ1) is 24.1. The molecule has 1 N–H and O–H groups in total. The second-order valence-corrected chi connectivity index (χ2v) is 8.39. The van der Waals surface area contributed by atoms with Gasteiger partial charge in [-0.05, 0) is 56.2 Å². The van der Waals surface area contributed by atoms with Crippen molar-refractivity contribution in [1.29, 1.82) is 0 Å². The van der Waals surface area contributed by atoms with Gasteiger partial charge in [0.2, 0.25) is 11.6 Å². The lowest BCUT2D eigenvalue weighted by Crippen LogP contribution is -2.30. The number of amides is 1. The molecule has 0 atom stereocenters. The molecule has 0 spiro atoms. The van der Waals surface area contributed by atoms with Gasteiger partial charge in [-0.1, -0.05) is 18.2 Å². The fourth-order valence-corrected chi connectivity index (χ4v) is 4.04. The average molecular weight is 477 g/mol. The number of nitrogens with one attached hydrogen (secondary N) is 1. The van der Waals surface area contributed by atoms with E-state index >= 15 is 0 Å². The molecule has 2 heterocycles. The first-order valence-electron chi connectivity index (χ1n) is 11.8. The standard InChI is InChI=1S/C26H29FN6O2/c1-3-31(21-9-4-7-19(2)17-21)14-6-13-28-24(34)12-11-23-29-30-25-26(35)32(15-16-33(23)25)22-10-5-8-20(27)18-22/h4-5,7-10,15-18H,3,6,11-14H2,1-2H3,(H,28,34). The number of fused-ring (bicyclic) bond motifs is 1. The molecule has 4 rings (SSSR count). The molecular formula is C26H29FN6O2. The predicted octanol–water partition coefficient (Wildman–Crippen LogP) is 3.29. The molecule has 8 nitrogen and oxygen atoms in total. The number of nitrogens with zero attached hydrogens (tertiary/aromatic N) is 5. The van der Waals surface area contributed by atoms with Crippen molar-refractivity contribution in [3.05, 3.63) is 88.5 Å². The van der Waals surface area contributed by atoms with Gasteiger partial charge in [0, 0.05) is 50.6 Å². The maximum absolute atomic E-state index is 13.6. The van der Waals surface area contributed by atoms with Gasteiger partial charge < -0.3 is 10.2 Å². The average Bonchev–Trinajstić information content (AvgIpc) is 3.27. The van der Waals surface area contributed by atoms with Gasteiger partial charge in [-0.25, -0.2) is 4.39 Å². The highest BCUT2D eigenvalue weighted by Gasteiger charge is 2.13. The van der Waals surface area contributed by atoms with E-state index in [-0.39, 0.29) is 18.0 Å². The molecule has 182 valence electrons. The molecule has 0 bridgehead atoms. The van der Waals surface area contributed by atoms with Gasteiger partial charge in [-0.3, -0.25) is 18.6 Å². The van der Waals surface area contributed by atoms with E-state index in [9.17, 15) is 14.0 Å². The van der Waals surface area contributed by atoms with E-state index in [4.69, 9.17) is 0 Å². The number of benzene rings is 2. The summed E-state index contributed by atoms with van der Waals surface area (Å²) in [6.45, 7) is 6.54. The molecular weight excluding hydrogens is 447 g/mol. The zero-order valence-corrected chi connectivity index (χ0v) is 19.9. The van der Waals surface area contributed by atoms with Crippen LogP contribution in [0.15, 0.2) is 65.7 Å². The van der Waals surface area contributed by atoms with Crippen LogP contribution in [0, 0.1) is 12.7 Å². The number of anilines is 1. The minimum Gasteiger partial charge on any atom is -0.372 e. The summed E-state index contributed by atoms with van der Waals surface area (Å²) in [5.74, 6) is 0.0173. The van der Waals surface area contributed by atoms with Crippen LogP contribution in [0.3, 0.4) is 0 Å². The van der Waals surface area contributed by atoms with Crippen molar-refractivity contribution >= 4 is 17.2 Å². The summed E-state index contributed by atoms with van der Waals surface area (Å²) in [5.41, 5.74) is 2.54. The van der Waals surface area contributed by atoms with Crippen LogP contribution >= 0.6 is 0 Å². The number of hydrogen-bond donors (Lipinski definition) is 1. The lowest BCUT2D eigenvalue weighted by atomic mass is 10.2. The first-order valence-corrected chi connectivity index (χ1v) is 11.8. The number of rotatable bonds is 10. The van der Waals surface area contributed by atoms with Crippen LogP contribution in [0.25, 0.3) is 11.3 Å². The van der Waals surface area contributed by atoms with Crippen LogP contribution in [-0.2, 0) is 11.2 Å². The molecule has 4 aromatic rings. The summed E-state index contributed by atoms with van der Waals surface area (Å²) in [7, 11) is 0. The van der Waals surface area contributed by atoms with Gasteiger partial charge in [-0.2, -0.15) is 0 Å². The fraction of sp³-hybridized carbons (Fsp3) is 0.308. The third-order valence-corrected chi connectivity index (χ3v) is 5.88. The fourth-order valence-electron chi connectivity index (χ4n) is 4.04. The summed E-state index contributed by atoms with van der Waals surface area (Å²) in [6.07, 6.45) is 4.62. The molecule has 2 aromatic carbocycles. The highest BCUT2D eigenvalue weighted by Crippen LogP contribution is 2.15. The van der Waals surface area contributed by atoms with Gasteiger partial charge in [-0.15, -0.1) is 10.2 Å². The Kier molecular flexibility index (Phi) is 7.54. The smallest absolute Gasteiger partial charge is 0.300 e. The molecule has 9 heteroatoms. The van der Waals surface area contributed by atoms with Crippen molar-refractivity contribution in [3.63, 3.8) is 0 Å². The Balaban J connectivity index is 1.30. The Morgan fingerprint density at radius 3 is 2.71 bits per heavy atom. The van der Waals surface area contributed by atoms with Gasteiger partial charge in [0.05, 0.1) is 5.69 Å². The third kappa shape index (κ3) is 5.74. The lowest BCUT2D eigenvalue weighted by molar-refractivity contribution is -0.121. The van der Waals surface area contributed by atoms with Crippen LogP contribution in [0.5, 0.6) is 0 Å². The first-order chi connectivity index (χ1) is 17.0. The molecule has 0 aliphatic rings. The summed E-state index contributed by atoms with van der Waals surface area (Å²) in [6, 6.07) is 14.2. The van der Waals surface area contributed by atoms with Crippen molar-refractivity contribution in [2.75, 3.05) is 24.5 Å². The normalized spacial score (nSPS) is 11.1. The summed E-state index contributed by atoms with van der Waals surface area (Å²) < 4.78 is 16.4. The second-order valence-electron chi connectivity index (χ2n) is 8.39. The van der Waals surface area contributed by atoms with Gasteiger partial charge in [0.15, 0.2) is 0 Å². The number of aromatic nitrogens is 4. The Labute approximate surface area is 203 Å². The monoisotopic (exact) mass is 476 g/mol. The van der Waals surface area contributed by atoms with Crippen LogP contribution in [-0.4, -0.2) is 44.7 Å². The highest BCUT2D eigenvalue weighted by atomic mass is 19.1. The maximum atomic E-state index is 13.6. The number of carbonyl (C=O) groups excluding carboxylic acids is 1. The van der Waals surface area contributed by atoms with Crippen molar-refractivity contribution in [2.24, 2.45) is 0 Å². The summed E-state index contributed by atoms with van der Waals surface area (Å²) >= 11 is 0. The quantitative estimate of drug-likeness (QED) is 0.355. The Hall–Kier alpha value is -4.01. The van der Waals surface area contributed by atoms with E-state index in [1.807, 2.05) is 0 Å². The lowest BCUT2D eigenvalue weighted by Gasteiger charge is -2.23. The van der Waals surface area contributed by atoms with Gasteiger partial charge >= 0.3 is 5.56 Å². The van der Waals surface area contributed by atoms with Crippen LogP contribution in [0.4, 0.5) is 10.1 Å². The number of hydrogen-bond acceptors (Lipinski definition) is 5. The molecule has 0 saturated heterocycles. The largest absolute Gasteiger partial charge is 0.372 e. The molecule has 0 fully saturated rings. The van der Waals surface area contributed by atoms with Crippen molar-refractivity contribution in [1.82, 2.24) is 24.5 Å². The van der Waals surface area contributed by atoms with E-state index in [1.165, 1.54) is 34.0 Å². The highest BCUT2D eigenvalue weighted by molar-refractivity contribution is 5.76. The molecule has 35 heavy (non-hydrogen) atoms. The molecule has 1 amide bonds. The topological polar surface area (TPSA) is 84.5 Å². The van der Waals surface area contributed by atoms with E-state index in [0.717, 1.165) is 19.5 Å². The number of aryl methyl sites for hydroxylation is 2. The van der Waals surface area contributed by atoms with Gasteiger partial charge in [0.25, 0.3) is 0 Å². The summed E-state index contributed by atoms with van der Waals surface area (Å²) in [4.78, 5) is 27.4. The molecule has 2 aromatic heterocycles. The van der Waals surface area contributed by atoms with Crippen molar-refractivity contribution in [2.45, 2.75) is 33.1 Å². The SMILES string of the molecule is CCN(CCCNC(=O)CCc1nnc2c(=O)n(-c3cccc(F)c3)ccn12)c1cccc(C)c1. The molecule has 0 aliphatic heterocycles. The molecule has 0 radical (unpaired) electrons. The molecule has 0 aliphatic carbocycles. The van der Waals surface area contributed by atoms with Crippen LogP contribution in [0.2, 0.25) is 0 Å². The van der Waals surface area contributed by atoms with Gasteiger partial charge in [0.1, 0.15) is 11.6 Å². The number of carbonyl (C=O) groups is 1. The van der Waals surface area contributed by atoms with E-state index in [1.54, 1.807) is 22.9 Å². The Morgan fingerprint density at radius 1 is 1.11 bits per heavy atom. The third-order valence-electron chi connectivity index (χ3n) is 5.88. The van der Waals surface area contributed by atoms with Crippen molar-refractivity contribution in [3.8, 4) is 5.69 Å². The maximum Gasteiger partial charge on any atom is 0.300 e. The second kappa shape index (κ2) is 10.9. The number of halogens is 1. The zero-order valence-electron chi connectivity index (χ0n) is 19.9. The minimum absolute atomic E-state index is 0.0755. The van der Waals surface area contributed by atoms with Crippen LogP contribution in [0.1, 0.15) is 31.2 Å². The summed E-state index contributed by atoms with van der Waals surface area (Å²) in [5, 5.41) is 11.0. The van der Waals surface area contributed by atoms with E-state index in [0.29, 0.717) is 24.5 Å². The molecule has 0 saturated carbocycles.